The summed E-state index contributed by atoms with van der Waals surface area (Å²) in [6.07, 6.45) is 0. The molecular formula is C20H14N2O4S. The summed E-state index contributed by atoms with van der Waals surface area (Å²) in [6, 6.07) is 11.6. The SMILES string of the molecule is O=C1N(Cc2cscn2)c2ccccc2C12COc1cc3c(cc12)OCO3. The van der Waals surface area contributed by atoms with Crippen LogP contribution in [0.2, 0.25) is 0 Å². The van der Waals surface area contributed by atoms with E-state index in [2.05, 4.69) is 4.98 Å². The number of rotatable bonds is 2. The average molecular weight is 378 g/mol. The van der Waals surface area contributed by atoms with Crippen molar-refractivity contribution in [1.29, 1.82) is 0 Å². The minimum atomic E-state index is -0.858. The number of nitrogens with zero attached hydrogens (tertiary/aromatic N) is 2. The molecule has 3 aliphatic rings. The van der Waals surface area contributed by atoms with Crippen molar-refractivity contribution in [1.82, 2.24) is 4.98 Å². The Kier molecular flexibility index (Phi) is 2.91. The van der Waals surface area contributed by atoms with Gasteiger partial charge in [0, 0.05) is 22.7 Å². The third-order valence-corrected chi connectivity index (χ3v) is 6.08. The van der Waals surface area contributed by atoms with Crippen molar-refractivity contribution in [2.75, 3.05) is 18.3 Å². The number of anilines is 1. The number of thiazole rings is 1. The van der Waals surface area contributed by atoms with Gasteiger partial charge in [-0.1, -0.05) is 18.2 Å². The van der Waals surface area contributed by atoms with E-state index < -0.39 is 5.41 Å². The Morgan fingerprint density at radius 3 is 2.78 bits per heavy atom. The molecule has 1 unspecified atom stereocenters. The molecule has 6 nitrogen and oxygen atoms in total. The van der Waals surface area contributed by atoms with Crippen LogP contribution in [-0.2, 0) is 16.8 Å². The average Bonchev–Trinajstić information content (AvgIpc) is 3.46. The van der Waals surface area contributed by atoms with Gasteiger partial charge >= 0.3 is 0 Å². The van der Waals surface area contributed by atoms with Gasteiger partial charge in [-0.25, -0.2) is 4.98 Å². The lowest BCUT2D eigenvalue weighted by Crippen LogP contribution is -2.42. The number of benzene rings is 2. The molecule has 1 spiro atoms. The minimum Gasteiger partial charge on any atom is -0.491 e. The third kappa shape index (κ3) is 1.89. The maximum atomic E-state index is 13.7. The third-order valence-electron chi connectivity index (χ3n) is 5.45. The largest absolute Gasteiger partial charge is 0.491 e. The summed E-state index contributed by atoms with van der Waals surface area (Å²) in [5, 5.41) is 1.97. The summed E-state index contributed by atoms with van der Waals surface area (Å²) in [6.45, 7) is 0.904. The highest BCUT2D eigenvalue weighted by Gasteiger charge is 2.57. The number of carbonyl (C=O) groups is 1. The lowest BCUT2D eigenvalue weighted by atomic mass is 9.77. The Morgan fingerprint density at radius 1 is 1.07 bits per heavy atom. The second-order valence-electron chi connectivity index (χ2n) is 6.78. The van der Waals surface area contributed by atoms with Gasteiger partial charge in [-0.3, -0.25) is 4.79 Å². The molecule has 0 bridgehead atoms. The molecule has 4 heterocycles. The Morgan fingerprint density at radius 2 is 1.93 bits per heavy atom. The van der Waals surface area contributed by atoms with E-state index in [1.807, 2.05) is 46.7 Å². The van der Waals surface area contributed by atoms with Gasteiger partial charge in [0.2, 0.25) is 12.7 Å². The van der Waals surface area contributed by atoms with Crippen LogP contribution in [0.15, 0.2) is 47.3 Å². The van der Waals surface area contributed by atoms with Crippen LogP contribution in [0, 0.1) is 0 Å². The van der Waals surface area contributed by atoms with Crippen LogP contribution in [0.3, 0.4) is 0 Å². The summed E-state index contributed by atoms with van der Waals surface area (Å²) in [5.74, 6) is 2.00. The zero-order chi connectivity index (χ0) is 18.0. The molecule has 3 aliphatic heterocycles. The quantitative estimate of drug-likeness (QED) is 0.686. The van der Waals surface area contributed by atoms with E-state index in [1.54, 1.807) is 5.51 Å². The molecule has 0 fully saturated rings. The minimum absolute atomic E-state index is 0.00863. The Labute approximate surface area is 158 Å². The predicted octanol–water partition coefficient (Wildman–Crippen LogP) is 3.10. The van der Waals surface area contributed by atoms with Gasteiger partial charge in [-0.15, -0.1) is 11.3 Å². The second kappa shape index (κ2) is 5.23. The molecule has 0 saturated heterocycles. The molecule has 7 heteroatoms. The highest BCUT2D eigenvalue weighted by molar-refractivity contribution is 7.07. The zero-order valence-electron chi connectivity index (χ0n) is 14.2. The molecular weight excluding hydrogens is 364 g/mol. The zero-order valence-corrected chi connectivity index (χ0v) is 15.0. The molecule has 0 saturated carbocycles. The van der Waals surface area contributed by atoms with E-state index in [9.17, 15) is 4.79 Å². The van der Waals surface area contributed by atoms with Crippen LogP contribution in [0.1, 0.15) is 16.8 Å². The molecule has 1 aromatic heterocycles. The topological polar surface area (TPSA) is 60.9 Å². The van der Waals surface area contributed by atoms with Crippen LogP contribution in [-0.4, -0.2) is 24.3 Å². The fraction of sp³-hybridized carbons (Fsp3) is 0.200. The Hall–Kier alpha value is -3.06. The molecule has 0 N–H and O–H groups in total. The molecule has 0 aliphatic carbocycles. The van der Waals surface area contributed by atoms with Gasteiger partial charge in [-0.05, 0) is 17.7 Å². The van der Waals surface area contributed by atoms with Crippen molar-refractivity contribution < 1.29 is 19.0 Å². The number of carbonyl (C=O) groups excluding carboxylic acids is 1. The van der Waals surface area contributed by atoms with E-state index in [0.717, 1.165) is 22.5 Å². The van der Waals surface area contributed by atoms with Crippen LogP contribution in [0.4, 0.5) is 5.69 Å². The van der Waals surface area contributed by atoms with Crippen molar-refractivity contribution in [2.24, 2.45) is 0 Å². The summed E-state index contributed by atoms with van der Waals surface area (Å²) in [4.78, 5) is 19.9. The fourth-order valence-corrected chi connectivity index (χ4v) is 4.75. The molecule has 2 aromatic carbocycles. The van der Waals surface area contributed by atoms with Crippen LogP contribution in [0.25, 0.3) is 0 Å². The molecule has 3 aromatic rings. The van der Waals surface area contributed by atoms with Crippen molar-refractivity contribution in [3.63, 3.8) is 0 Å². The molecule has 1 amide bonds. The van der Waals surface area contributed by atoms with Crippen LogP contribution in [0.5, 0.6) is 17.2 Å². The van der Waals surface area contributed by atoms with Gasteiger partial charge < -0.3 is 19.1 Å². The van der Waals surface area contributed by atoms with Gasteiger partial charge in [0.25, 0.3) is 0 Å². The Balaban J connectivity index is 1.54. The van der Waals surface area contributed by atoms with Gasteiger partial charge in [0.05, 0.1) is 17.7 Å². The lowest BCUT2D eigenvalue weighted by molar-refractivity contribution is -0.122. The summed E-state index contributed by atoms with van der Waals surface area (Å²) < 4.78 is 17.0. The fourth-order valence-electron chi connectivity index (χ4n) is 4.20. The predicted molar refractivity (Wildman–Crippen MR) is 98.6 cm³/mol. The maximum absolute atomic E-state index is 13.7. The highest BCUT2D eigenvalue weighted by atomic mass is 32.1. The molecule has 134 valence electrons. The van der Waals surface area contributed by atoms with Crippen molar-refractivity contribution in [3.8, 4) is 17.2 Å². The first-order valence-electron chi connectivity index (χ1n) is 8.63. The molecule has 0 radical (unpaired) electrons. The number of aromatic nitrogens is 1. The van der Waals surface area contributed by atoms with E-state index in [0.29, 0.717) is 23.8 Å². The van der Waals surface area contributed by atoms with E-state index in [-0.39, 0.29) is 19.3 Å². The van der Waals surface area contributed by atoms with E-state index >= 15 is 0 Å². The summed E-state index contributed by atoms with van der Waals surface area (Å²) in [5.41, 5.74) is 4.51. The summed E-state index contributed by atoms with van der Waals surface area (Å²) in [7, 11) is 0. The van der Waals surface area contributed by atoms with Crippen LogP contribution < -0.4 is 19.1 Å². The van der Waals surface area contributed by atoms with Crippen molar-refractivity contribution >= 4 is 22.9 Å². The maximum Gasteiger partial charge on any atom is 0.246 e. The second-order valence-corrected chi connectivity index (χ2v) is 7.50. The standard InChI is InChI=1S/C20H14N2O4S/c23-19-20(9-24-16-6-18-17(5-14(16)20)25-11-26-18)13-3-1-2-4-15(13)22(19)7-12-8-27-10-21-12/h1-6,8,10H,7,9,11H2. The van der Waals surface area contributed by atoms with Crippen molar-refractivity contribution in [2.45, 2.75) is 12.0 Å². The molecule has 6 rings (SSSR count). The highest BCUT2D eigenvalue weighted by Crippen LogP contribution is 2.55. The number of fused-ring (bicyclic) bond motifs is 5. The number of para-hydroxylation sites is 1. The van der Waals surface area contributed by atoms with E-state index in [1.165, 1.54) is 11.3 Å². The molecule has 1 atom stereocenters. The molecule has 27 heavy (non-hydrogen) atoms. The number of amides is 1. The Bertz CT molecular complexity index is 1080. The van der Waals surface area contributed by atoms with Gasteiger partial charge in [0.15, 0.2) is 11.5 Å². The number of hydrogen-bond acceptors (Lipinski definition) is 6. The first-order valence-corrected chi connectivity index (χ1v) is 9.57. The normalized spacial score (nSPS) is 21.5. The number of ether oxygens (including phenoxy) is 3. The van der Waals surface area contributed by atoms with E-state index in [4.69, 9.17) is 14.2 Å². The monoisotopic (exact) mass is 378 g/mol. The van der Waals surface area contributed by atoms with Gasteiger partial charge in [-0.2, -0.15) is 0 Å². The van der Waals surface area contributed by atoms with Crippen molar-refractivity contribution in [3.05, 3.63) is 64.1 Å². The first kappa shape index (κ1) is 15.0. The first-order chi connectivity index (χ1) is 13.3. The number of hydrogen-bond donors (Lipinski definition) is 0. The van der Waals surface area contributed by atoms with Crippen LogP contribution >= 0.6 is 11.3 Å². The lowest BCUT2D eigenvalue weighted by Gasteiger charge is -2.22. The van der Waals surface area contributed by atoms with Gasteiger partial charge in [0.1, 0.15) is 17.8 Å². The smallest absolute Gasteiger partial charge is 0.246 e. The summed E-state index contributed by atoms with van der Waals surface area (Å²) >= 11 is 1.53.